The number of H-pyrrole nitrogens is 1. The van der Waals surface area contributed by atoms with Gasteiger partial charge >= 0.3 is 35.8 Å². The summed E-state index contributed by atoms with van der Waals surface area (Å²) in [5, 5.41) is 59.5. The Labute approximate surface area is 328 Å². The Hall–Kier alpha value is -6.06. The third-order valence-corrected chi connectivity index (χ3v) is 8.33. The van der Waals surface area contributed by atoms with E-state index >= 15 is 0 Å². The van der Waals surface area contributed by atoms with Crippen molar-refractivity contribution in [1.82, 2.24) is 4.98 Å². The van der Waals surface area contributed by atoms with E-state index in [0.29, 0.717) is 55.5 Å². The van der Waals surface area contributed by atoms with Crippen LogP contribution in [0.3, 0.4) is 0 Å². The summed E-state index contributed by atoms with van der Waals surface area (Å²) in [4.78, 5) is 63.8. The topological polar surface area (TPSA) is 416 Å². The zero-order valence-electron chi connectivity index (χ0n) is 31.4. The van der Waals surface area contributed by atoms with E-state index in [2.05, 4.69) is 4.98 Å². The van der Waals surface area contributed by atoms with Gasteiger partial charge in [-0.2, -0.15) is 0 Å². The number of nitrogens with two attached hydrogens (primary N) is 6. The van der Waals surface area contributed by atoms with E-state index in [4.69, 9.17) is 65.0 Å². The fraction of sp³-hybridized carbons (Fsp3) is 0.405. The molecule has 0 aliphatic heterocycles. The number of carbonyl (C=O) groups is 6. The molecule has 0 amide bonds. The minimum atomic E-state index is -0.931. The molecule has 316 valence electrons. The van der Waals surface area contributed by atoms with Crippen molar-refractivity contribution in [2.75, 3.05) is 11.5 Å². The van der Waals surface area contributed by atoms with Crippen molar-refractivity contribution in [1.29, 1.82) is 0 Å². The van der Waals surface area contributed by atoms with Crippen LogP contribution in [0.25, 0.3) is 0 Å². The number of rotatable bonds is 8. The van der Waals surface area contributed by atoms with Crippen molar-refractivity contribution in [3.8, 4) is 0 Å². The molecule has 0 spiro atoms. The van der Waals surface area contributed by atoms with Gasteiger partial charge in [0.05, 0.1) is 35.5 Å². The van der Waals surface area contributed by atoms with Gasteiger partial charge < -0.3 is 75.1 Å². The van der Waals surface area contributed by atoms with Crippen molar-refractivity contribution in [2.45, 2.75) is 82.1 Å². The lowest BCUT2D eigenvalue weighted by molar-refractivity contribution is -0.144. The molecule has 0 bridgehead atoms. The van der Waals surface area contributed by atoms with Gasteiger partial charge in [0, 0.05) is 41.9 Å². The molecule has 6 unspecified atom stereocenters. The van der Waals surface area contributed by atoms with E-state index in [9.17, 15) is 33.9 Å². The summed E-state index contributed by atoms with van der Waals surface area (Å²) in [6, 6.07) is 13.2. The van der Waals surface area contributed by atoms with Crippen molar-refractivity contribution in [3.63, 3.8) is 0 Å². The van der Waals surface area contributed by atoms with Gasteiger partial charge in [-0.1, -0.05) is 19.1 Å². The molecule has 20 nitrogen and oxygen atoms in total. The second-order valence-corrected chi connectivity index (χ2v) is 12.9. The maximum atomic E-state index is 10.5. The maximum Gasteiger partial charge on any atom is 0.337 e. The third-order valence-electron chi connectivity index (χ3n) is 8.33. The zero-order chi connectivity index (χ0) is 43.8. The van der Waals surface area contributed by atoms with Gasteiger partial charge in [0.15, 0.2) is 0 Å². The van der Waals surface area contributed by atoms with E-state index in [-0.39, 0.29) is 36.0 Å². The van der Waals surface area contributed by atoms with Crippen molar-refractivity contribution in [2.24, 2.45) is 34.8 Å². The average Bonchev–Trinajstić information content (AvgIpc) is 3.82. The quantitative estimate of drug-likeness (QED) is 0.142. The Balaban J connectivity index is 0.000000665. The summed E-state index contributed by atoms with van der Waals surface area (Å²) in [5.74, 6) is -5.89. The van der Waals surface area contributed by atoms with Gasteiger partial charge in [-0.05, 0) is 86.6 Å². The number of aliphatic hydroxyl groups excluding tert-OH is 1. The first-order valence-corrected chi connectivity index (χ1v) is 17.5. The Morgan fingerprint density at radius 1 is 0.667 bits per heavy atom. The van der Waals surface area contributed by atoms with Crippen LogP contribution in [0.5, 0.6) is 0 Å². The van der Waals surface area contributed by atoms with Crippen LogP contribution in [-0.4, -0.2) is 107 Å². The van der Waals surface area contributed by atoms with E-state index in [1.54, 1.807) is 49.5 Å². The number of aliphatic hydroxyl groups is 1. The van der Waals surface area contributed by atoms with Crippen LogP contribution in [0.15, 0.2) is 67.0 Å². The molecule has 6 atom stereocenters. The largest absolute Gasteiger partial charge is 0.481 e. The number of hydrogen-bond donors (Lipinski definition) is 14. The molecule has 57 heavy (non-hydrogen) atoms. The number of carboxylic acids is 6. The highest BCUT2D eigenvalue weighted by atomic mass is 16.4. The first kappa shape index (κ1) is 50.9. The minimum absolute atomic E-state index is 0.0558. The number of anilines is 2. The molecule has 2 saturated carbocycles. The number of aromatic amines is 1. The second kappa shape index (κ2) is 26.7. The van der Waals surface area contributed by atoms with Crippen LogP contribution in [0.2, 0.25) is 0 Å². The van der Waals surface area contributed by atoms with Gasteiger partial charge in [0.1, 0.15) is 6.04 Å². The summed E-state index contributed by atoms with van der Waals surface area (Å²) >= 11 is 0. The molecule has 2 aliphatic carbocycles. The Kier molecular flexibility index (Phi) is 23.9. The second-order valence-electron chi connectivity index (χ2n) is 12.9. The van der Waals surface area contributed by atoms with Crippen LogP contribution in [0.1, 0.15) is 71.7 Å². The first-order chi connectivity index (χ1) is 26.6. The van der Waals surface area contributed by atoms with Crippen molar-refractivity contribution < 1.29 is 64.5 Å². The van der Waals surface area contributed by atoms with Gasteiger partial charge in [0.25, 0.3) is 0 Å². The highest BCUT2D eigenvalue weighted by molar-refractivity contribution is 5.88. The fourth-order valence-electron chi connectivity index (χ4n) is 4.77. The molecular formula is C37H55N7O13. The molecule has 20 N–H and O–H groups in total. The summed E-state index contributed by atoms with van der Waals surface area (Å²) in [6.07, 6.45) is 5.47. The smallest absolute Gasteiger partial charge is 0.337 e. The lowest BCUT2D eigenvalue weighted by Gasteiger charge is -2.28. The molecular weight excluding hydrogens is 750 g/mol. The Bertz CT molecular complexity index is 1660. The SMILES string of the molecule is CCC(N)C(=O)O.NC1CC(C(=O)O)CC1N.NC1CCC(C(=O)O)CC1O.Nc1ccc(C(=O)O)cc1.Nc1ccc(CC(=O)O)cc1.O=C(O)c1cc[nH]c1. The number of aromatic nitrogens is 1. The molecule has 3 aromatic rings. The summed E-state index contributed by atoms with van der Waals surface area (Å²) in [7, 11) is 0. The number of nitrogen functional groups attached to an aromatic ring is 2. The van der Waals surface area contributed by atoms with Gasteiger partial charge in [-0.25, -0.2) is 9.59 Å². The van der Waals surface area contributed by atoms with E-state index < -0.39 is 53.9 Å². The number of hydrogen-bond acceptors (Lipinski definition) is 13. The predicted molar refractivity (Wildman–Crippen MR) is 209 cm³/mol. The molecule has 2 aromatic carbocycles. The zero-order valence-corrected chi connectivity index (χ0v) is 31.4. The molecule has 5 rings (SSSR count). The number of aliphatic carboxylic acids is 4. The fourth-order valence-corrected chi connectivity index (χ4v) is 4.77. The number of aromatic carboxylic acids is 2. The molecule has 1 heterocycles. The molecule has 1 aromatic heterocycles. The van der Waals surface area contributed by atoms with Crippen LogP contribution in [0, 0.1) is 11.8 Å². The highest BCUT2D eigenvalue weighted by Crippen LogP contribution is 2.24. The number of nitrogens with one attached hydrogen (secondary N) is 1. The van der Waals surface area contributed by atoms with Crippen LogP contribution in [-0.2, 0) is 25.6 Å². The number of benzene rings is 2. The van der Waals surface area contributed by atoms with E-state index in [1.807, 2.05) is 0 Å². The molecule has 0 saturated heterocycles. The third kappa shape index (κ3) is 22.2. The Morgan fingerprint density at radius 2 is 1.14 bits per heavy atom. The summed E-state index contributed by atoms with van der Waals surface area (Å²) < 4.78 is 0. The lowest BCUT2D eigenvalue weighted by Crippen LogP contribution is -2.41. The van der Waals surface area contributed by atoms with E-state index in [0.717, 1.165) is 5.56 Å². The maximum absolute atomic E-state index is 10.5. The molecule has 2 aliphatic rings. The monoisotopic (exact) mass is 805 g/mol. The highest BCUT2D eigenvalue weighted by Gasteiger charge is 2.33. The average molecular weight is 806 g/mol. The molecule has 20 heteroatoms. The van der Waals surface area contributed by atoms with Crippen LogP contribution in [0.4, 0.5) is 11.4 Å². The first-order valence-electron chi connectivity index (χ1n) is 17.5. The van der Waals surface area contributed by atoms with E-state index in [1.165, 1.54) is 24.4 Å². The van der Waals surface area contributed by atoms with Crippen molar-refractivity contribution >= 4 is 47.2 Å². The minimum Gasteiger partial charge on any atom is -0.481 e. The summed E-state index contributed by atoms with van der Waals surface area (Å²) in [6.45, 7) is 1.73. The van der Waals surface area contributed by atoms with Crippen LogP contribution < -0.4 is 34.4 Å². The normalized spacial score (nSPS) is 20.8. The van der Waals surface area contributed by atoms with Gasteiger partial charge in [-0.15, -0.1) is 0 Å². The summed E-state index contributed by atoms with van der Waals surface area (Å²) in [5.41, 5.74) is 34.8. The standard InChI is InChI=1S/C8H9NO2.C7H13NO3.C7H7NO2.C6H12N2O2.C5H5NO2.C4H9NO2/c9-7-3-1-6(2-4-7)5-8(10)11;8-5-2-1-4(7(10)11)3-6(5)9;8-6-3-1-5(2-4-6)7(9)10;7-4-1-3(6(9)10)2-5(4)8;7-5(8)4-1-2-6-3-4;1-2-3(5)4(6)7/h1-4H,5,9H2,(H,10,11);4-6,9H,1-3,8H2,(H,10,11);1-4H,8H2,(H,9,10);3-5H,1-2,7-8H2,(H,9,10);1-3,6H,(H,7,8);3H,2,5H2,1H3,(H,6,7). The van der Waals surface area contributed by atoms with Gasteiger partial charge in [0.2, 0.25) is 0 Å². The van der Waals surface area contributed by atoms with Crippen molar-refractivity contribution in [3.05, 3.63) is 83.7 Å². The van der Waals surface area contributed by atoms with Crippen LogP contribution >= 0.6 is 0 Å². The van der Waals surface area contributed by atoms with Gasteiger partial charge in [-0.3, -0.25) is 19.2 Å². The molecule has 2 fully saturated rings. The molecule has 0 radical (unpaired) electrons. The lowest BCUT2D eigenvalue weighted by atomic mass is 9.84. The Morgan fingerprint density at radius 3 is 1.44 bits per heavy atom. The number of carboxylic acid groups (broad SMARTS) is 6. The predicted octanol–water partition coefficient (Wildman–Crippen LogP) is 1.08.